The van der Waals surface area contributed by atoms with Crippen LogP contribution in [0.2, 0.25) is 0 Å². The first-order valence-corrected chi connectivity index (χ1v) is 12.2. The second kappa shape index (κ2) is 9.21. The van der Waals surface area contributed by atoms with Crippen molar-refractivity contribution < 1.29 is 9.72 Å². The molecule has 3 unspecified atom stereocenters. The van der Waals surface area contributed by atoms with Crippen molar-refractivity contribution in [3.8, 4) is 0 Å². The van der Waals surface area contributed by atoms with Gasteiger partial charge in [0.1, 0.15) is 0 Å². The number of nitro groups is 1. The lowest BCUT2D eigenvalue weighted by molar-refractivity contribution is -0.384. The molecular weight excluding hydrogens is 416 g/mol. The summed E-state index contributed by atoms with van der Waals surface area (Å²) in [7, 11) is 0. The highest BCUT2D eigenvalue weighted by Crippen LogP contribution is 2.44. The van der Waals surface area contributed by atoms with E-state index in [2.05, 4.69) is 10.2 Å². The second-order valence-electron chi connectivity index (χ2n) is 10.1. The van der Waals surface area contributed by atoms with Gasteiger partial charge in [-0.1, -0.05) is 18.6 Å². The van der Waals surface area contributed by atoms with Gasteiger partial charge in [0.15, 0.2) is 0 Å². The van der Waals surface area contributed by atoms with Crippen LogP contribution in [0.3, 0.4) is 0 Å². The van der Waals surface area contributed by atoms with E-state index in [1.165, 1.54) is 25.3 Å². The number of rotatable bonds is 6. The van der Waals surface area contributed by atoms with Crippen molar-refractivity contribution in [2.75, 3.05) is 13.1 Å². The number of pyridine rings is 1. The van der Waals surface area contributed by atoms with Gasteiger partial charge in [-0.25, -0.2) is 0 Å². The predicted octanol–water partition coefficient (Wildman–Crippen LogP) is 4.60. The molecule has 3 atom stereocenters. The predicted molar refractivity (Wildman–Crippen MR) is 126 cm³/mol. The van der Waals surface area contributed by atoms with Crippen LogP contribution in [0, 0.1) is 28.9 Å². The number of likely N-dealkylation sites (tertiary alicyclic amines) is 1. The fraction of sp³-hybridized carbons (Fsp3) is 0.538. The summed E-state index contributed by atoms with van der Waals surface area (Å²) in [6.07, 6.45) is 6.83. The maximum Gasteiger partial charge on any atom is 0.269 e. The molecule has 0 spiro atoms. The van der Waals surface area contributed by atoms with Gasteiger partial charge in [-0.15, -0.1) is 0 Å². The summed E-state index contributed by atoms with van der Waals surface area (Å²) in [6.45, 7) is 4.46. The molecule has 2 aromatic rings. The van der Waals surface area contributed by atoms with Crippen LogP contribution < -0.4 is 5.32 Å². The standard InChI is InChI=1S/C26H32N4O3/c1-17-5-8-23(26(31)28-24-15-18-6-7-21(24)13-18)25(27-17)20-9-11-29(12-10-20)16-19-3-2-4-22(14-19)30(32)33/h2-5,8,14,18,20-21,24H,6-7,9-13,15-16H2,1H3,(H,28,31). The van der Waals surface area contributed by atoms with E-state index in [4.69, 9.17) is 4.98 Å². The molecule has 7 heteroatoms. The van der Waals surface area contributed by atoms with E-state index in [0.717, 1.165) is 60.8 Å². The normalized spacial score (nSPS) is 25.3. The van der Waals surface area contributed by atoms with Crippen LogP contribution in [0.1, 0.15) is 71.8 Å². The first kappa shape index (κ1) is 22.0. The monoisotopic (exact) mass is 448 g/mol. The molecule has 7 nitrogen and oxygen atoms in total. The number of carbonyl (C=O) groups is 1. The van der Waals surface area contributed by atoms with Crippen LogP contribution in [0.4, 0.5) is 5.69 Å². The minimum Gasteiger partial charge on any atom is -0.349 e. The second-order valence-corrected chi connectivity index (χ2v) is 10.1. The Labute approximate surface area is 194 Å². The Morgan fingerprint density at radius 1 is 1.15 bits per heavy atom. The summed E-state index contributed by atoms with van der Waals surface area (Å²) >= 11 is 0. The highest BCUT2D eigenvalue weighted by Gasteiger charge is 2.40. The van der Waals surface area contributed by atoms with Gasteiger partial charge in [-0.3, -0.25) is 24.8 Å². The fourth-order valence-electron chi connectivity index (χ4n) is 6.14. The number of amides is 1. The van der Waals surface area contributed by atoms with Gasteiger partial charge in [0, 0.05) is 36.3 Å². The molecule has 2 aliphatic carbocycles. The van der Waals surface area contributed by atoms with Crippen LogP contribution in [0.25, 0.3) is 0 Å². The molecule has 33 heavy (non-hydrogen) atoms. The average molecular weight is 449 g/mol. The number of hydrogen-bond acceptors (Lipinski definition) is 5. The number of carbonyl (C=O) groups excluding carboxylic acids is 1. The minimum atomic E-state index is -0.345. The zero-order valence-electron chi connectivity index (χ0n) is 19.2. The Morgan fingerprint density at radius 3 is 2.67 bits per heavy atom. The summed E-state index contributed by atoms with van der Waals surface area (Å²) in [5.74, 6) is 1.74. The van der Waals surface area contributed by atoms with Crippen LogP contribution in [0.5, 0.6) is 0 Å². The van der Waals surface area contributed by atoms with Gasteiger partial charge < -0.3 is 5.32 Å². The average Bonchev–Trinajstić information content (AvgIpc) is 3.43. The van der Waals surface area contributed by atoms with E-state index in [-0.39, 0.29) is 22.4 Å². The lowest BCUT2D eigenvalue weighted by atomic mass is 9.89. The molecule has 1 aromatic carbocycles. The molecule has 1 saturated heterocycles. The summed E-state index contributed by atoms with van der Waals surface area (Å²) in [6, 6.07) is 11.1. The van der Waals surface area contributed by atoms with Crippen molar-refractivity contribution in [3.63, 3.8) is 0 Å². The number of nitrogens with one attached hydrogen (secondary N) is 1. The van der Waals surface area contributed by atoms with Gasteiger partial charge in [-0.2, -0.15) is 0 Å². The van der Waals surface area contributed by atoms with Crippen molar-refractivity contribution in [3.05, 3.63) is 69.0 Å². The van der Waals surface area contributed by atoms with Gasteiger partial charge in [0.05, 0.1) is 16.2 Å². The number of piperidine rings is 1. The van der Waals surface area contributed by atoms with Crippen molar-refractivity contribution in [2.45, 2.75) is 64.0 Å². The number of non-ortho nitro benzene ring substituents is 1. The molecule has 1 amide bonds. The first-order chi connectivity index (χ1) is 16.0. The van der Waals surface area contributed by atoms with Crippen LogP contribution in [0.15, 0.2) is 36.4 Å². The van der Waals surface area contributed by atoms with E-state index < -0.39 is 0 Å². The third kappa shape index (κ3) is 4.78. The third-order valence-electron chi connectivity index (χ3n) is 7.87. The Bertz CT molecular complexity index is 1050. The Hall–Kier alpha value is -2.80. The van der Waals surface area contributed by atoms with Crippen LogP contribution >= 0.6 is 0 Å². The van der Waals surface area contributed by atoms with Crippen LogP contribution in [-0.4, -0.2) is 39.8 Å². The van der Waals surface area contributed by atoms with Crippen molar-refractivity contribution in [2.24, 2.45) is 11.8 Å². The number of nitro benzene ring substituents is 1. The molecule has 1 aliphatic heterocycles. The van der Waals surface area contributed by atoms with Gasteiger partial charge in [0.2, 0.25) is 0 Å². The van der Waals surface area contributed by atoms with Gasteiger partial charge in [-0.05, 0) is 81.6 Å². The number of aromatic nitrogens is 1. The van der Waals surface area contributed by atoms with Gasteiger partial charge in [0.25, 0.3) is 11.6 Å². The topological polar surface area (TPSA) is 88.4 Å². The summed E-state index contributed by atoms with van der Waals surface area (Å²) in [5.41, 5.74) is 3.71. The maximum atomic E-state index is 13.2. The van der Waals surface area contributed by atoms with E-state index >= 15 is 0 Å². The third-order valence-corrected chi connectivity index (χ3v) is 7.87. The molecule has 2 heterocycles. The number of nitrogens with zero attached hydrogens (tertiary/aromatic N) is 3. The van der Waals surface area contributed by atoms with Crippen molar-refractivity contribution in [1.82, 2.24) is 15.2 Å². The lowest BCUT2D eigenvalue weighted by Gasteiger charge is -2.32. The zero-order chi connectivity index (χ0) is 22.9. The van der Waals surface area contributed by atoms with Crippen LogP contribution in [-0.2, 0) is 6.54 Å². The highest BCUT2D eigenvalue weighted by molar-refractivity contribution is 5.95. The molecular formula is C26H32N4O3. The SMILES string of the molecule is Cc1ccc(C(=O)NC2CC3CCC2C3)c(C2CCN(Cc3cccc([N+](=O)[O-])c3)CC2)n1. The van der Waals surface area contributed by atoms with Gasteiger partial charge >= 0.3 is 0 Å². The molecule has 1 aromatic heterocycles. The molecule has 0 radical (unpaired) electrons. The number of hydrogen-bond donors (Lipinski definition) is 1. The molecule has 3 fully saturated rings. The fourth-order valence-corrected chi connectivity index (χ4v) is 6.14. The van der Waals surface area contributed by atoms with Crippen molar-refractivity contribution in [1.29, 1.82) is 0 Å². The lowest BCUT2D eigenvalue weighted by Crippen LogP contribution is -2.39. The number of benzene rings is 1. The molecule has 2 bridgehead atoms. The highest BCUT2D eigenvalue weighted by atomic mass is 16.6. The maximum absolute atomic E-state index is 13.2. The summed E-state index contributed by atoms with van der Waals surface area (Å²) in [4.78, 5) is 31.1. The molecule has 3 aliphatic rings. The molecule has 5 rings (SSSR count). The Morgan fingerprint density at radius 2 is 1.97 bits per heavy atom. The Kier molecular flexibility index (Phi) is 6.15. The zero-order valence-corrected chi connectivity index (χ0v) is 19.2. The first-order valence-electron chi connectivity index (χ1n) is 12.2. The quantitative estimate of drug-likeness (QED) is 0.516. The minimum absolute atomic E-state index is 0.0362. The number of fused-ring (bicyclic) bond motifs is 2. The molecule has 174 valence electrons. The van der Waals surface area contributed by atoms with E-state index in [0.29, 0.717) is 18.5 Å². The summed E-state index contributed by atoms with van der Waals surface area (Å²) in [5, 5.41) is 14.4. The smallest absolute Gasteiger partial charge is 0.269 e. The Balaban J connectivity index is 1.24. The number of aryl methyl sites for hydroxylation is 1. The summed E-state index contributed by atoms with van der Waals surface area (Å²) < 4.78 is 0. The van der Waals surface area contributed by atoms with E-state index in [1.54, 1.807) is 12.1 Å². The van der Waals surface area contributed by atoms with E-state index in [1.807, 2.05) is 25.1 Å². The molecule has 1 N–H and O–H groups in total. The van der Waals surface area contributed by atoms with Crippen molar-refractivity contribution >= 4 is 11.6 Å². The van der Waals surface area contributed by atoms with E-state index in [9.17, 15) is 14.9 Å². The molecule has 2 saturated carbocycles. The largest absolute Gasteiger partial charge is 0.349 e.